The van der Waals surface area contributed by atoms with Crippen molar-refractivity contribution >= 4 is 23.5 Å². The summed E-state index contributed by atoms with van der Waals surface area (Å²) in [5.74, 6) is -0.0649. The maximum Gasteiger partial charge on any atom is 0.410 e. The molecule has 1 aliphatic heterocycles. The van der Waals surface area contributed by atoms with Gasteiger partial charge in [0.25, 0.3) is 0 Å². The molecule has 1 heterocycles. The van der Waals surface area contributed by atoms with E-state index in [-0.39, 0.29) is 11.7 Å². The van der Waals surface area contributed by atoms with E-state index in [9.17, 15) is 9.59 Å². The molecule has 1 amide bonds. The van der Waals surface area contributed by atoms with Gasteiger partial charge in [0.2, 0.25) is 0 Å². The molecule has 0 radical (unpaired) electrons. The number of rotatable bonds is 1. The number of ether oxygens (including phenoxy) is 1. The first-order chi connectivity index (χ1) is 8.59. The van der Waals surface area contributed by atoms with Crippen molar-refractivity contribution in [3.05, 3.63) is 34.3 Å². The standard InChI is InChI=1S/C13H12ClNO3/c1-7-10-6-8(14)2-3-9(10)12(16)11(7)15-4-5-18-13(15)17/h2-3,6-7,11H,4-5H2,1H3/t7-,11+/m1/s1. The van der Waals surface area contributed by atoms with Crippen LogP contribution in [0.2, 0.25) is 5.02 Å². The summed E-state index contributed by atoms with van der Waals surface area (Å²) >= 11 is 5.96. The van der Waals surface area contributed by atoms with Gasteiger partial charge in [0.05, 0.1) is 6.54 Å². The van der Waals surface area contributed by atoms with Crippen molar-refractivity contribution in [3.63, 3.8) is 0 Å². The van der Waals surface area contributed by atoms with E-state index in [1.807, 2.05) is 6.92 Å². The molecule has 0 aromatic heterocycles. The van der Waals surface area contributed by atoms with Crippen LogP contribution >= 0.6 is 11.6 Å². The zero-order valence-corrected chi connectivity index (χ0v) is 10.6. The van der Waals surface area contributed by atoms with Gasteiger partial charge in [-0.1, -0.05) is 18.5 Å². The third kappa shape index (κ3) is 1.52. The molecule has 2 aliphatic rings. The SMILES string of the molecule is C[C@@H]1c2cc(Cl)ccc2C(=O)[C@H]1N1CCOC1=O. The van der Waals surface area contributed by atoms with Crippen molar-refractivity contribution in [2.24, 2.45) is 0 Å². The number of cyclic esters (lactones) is 1. The van der Waals surface area contributed by atoms with Crippen LogP contribution in [0, 0.1) is 0 Å². The number of nitrogens with zero attached hydrogens (tertiary/aromatic N) is 1. The maximum atomic E-state index is 12.4. The molecule has 0 bridgehead atoms. The highest BCUT2D eigenvalue weighted by Crippen LogP contribution is 2.38. The largest absolute Gasteiger partial charge is 0.448 e. The lowest BCUT2D eigenvalue weighted by atomic mass is 10.00. The van der Waals surface area contributed by atoms with Crippen LogP contribution in [0.1, 0.15) is 28.8 Å². The van der Waals surface area contributed by atoms with Crippen LogP contribution in [0.5, 0.6) is 0 Å². The van der Waals surface area contributed by atoms with E-state index >= 15 is 0 Å². The Morgan fingerprint density at radius 1 is 1.39 bits per heavy atom. The molecule has 0 unspecified atom stereocenters. The lowest BCUT2D eigenvalue weighted by molar-refractivity contribution is 0.0856. The summed E-state index contributed by atoms with van der Waals surface area (Å²) in [4.78, 5) is 25.5. The second-order valence-corrected chi connectivity index (χ2v) is 5.07. The van der Waals surface area contributed by atoms with Gasteiger partial charge in [-0.3, -0.25) is 9.69 Å². The van der Waals surface area contributed by atoms with Crippen LogP contribution in [-0.4, -0.2) is 36.0 Å². The number of halogens is 1. The van der Waals surface area contributed by atoms with Gasteiger partial charge >= 0.3 is 6.09 Å². The van der Waals surface area contributed by atoms with Crippen LogP contribution in [0.4, 0.5) is 4.79 Å². The molecular formula is C13H12ClNO3. The Bertz CT molecular complexity index is 543. The molecule has 18 heavy (non-hydrogen) atoms. The fraction of sp³-hybridized carbons (Fsp3) is 0.385. The molecule has 4 nitrogen and oxygen atoms in total. The van der Waals surface area contributed by atoms with Crippen molar-refractivity contribution in [1.82, 2.24) is 4.90 Å². The fourth-order valence-corrected chi connectivity index (χ4v) is 2.94. The van der Waals surface area contributed by atoms with E-state index in [1.165, 1.54) is 4.90 Å². The minimum absolute atomic E-state index is 0.0204. The zero-order valence-electron chi connectivity index (χ0n) is 9.85. The van der Waals surface area contributed by atoms with E-state index in [2.05, 4.69) is 0 Å². The van der Waals surface area contributed by atoms with E-state index in [1.54, 1.807) is 18.2 Å². The number of fused-ring (bicyclic) bond motifs is 1. The molecule has 1 aromatic carbocycles. The maximum absolute atomic E-state index is 12.4. The van der Waals surface area contributed by atoms with E-state index in [4.69, 9.17) is 16.3 Å². The molecule has 1 aromatic rings. The van der Waals surface area contributed by atoms with Crippen LogP contribution in [0.25, 0.3) is 0 Å². The second-order valence-electron chi connectivity index (χ2n) is 4.64. The van der Waals surface area contributed by atoms with E-state index in [0.717, 1.165) is 5.56 Å². The number of amides is 1. The molecule has 1 aliphatic carbocycles. The van der Waals surface area contributed by atoms with Crippen molar-refractivity contribution < 1.29 is 14.3 Å². The Kier molecular flexibility index (Phi) is 2.55. The summed E-state index contributed by atoms with van der Waals surface area (Å²) in [5.41, 5.74) is 1.58. The van der Waals surface area contributed by atoms with Crippen molar-refractivity contribution in [2.45, 2.75) is 18.9 Å². The third-order valence-electron chi connectivity index (χ3n) is 3.64. The first-order valence-electron chi connectivity index (χ1n) is 5.86. The van der Waals surface area contributed by atoms with Crippen LogP contribution in [0.3, 0.4) is 0 Å². The number of hydrogen-bond acceptors (Lipinski definition) is 3. The minimum Gasteiger partial charge on any atom is -0.448 e. The molecule has 94 valence electrons. The van der Waals surface area contributed by atoms with Crippen molar-refractivity contribution in [3.8, 4) is 0 Å². The Hall–Kier alpha value is -1.55. The Labute approximate surface area is 109 Å². The van der Waals surface area contributed by atoms with Gasteiger partial charge in [0.1, 0.15) is 12.6 Å². The van der Waals surface area contributed by atoms with Gasteiger partial charge in [-0.05, 0) is 23.8 Å². The summed E-state index contributed by atoms with van der Waals surface area (Å²) in [6.45, 7) is 2.77. The van der Waals surface area contributed by atoms with Gasteiger partial charge in [-0.25, -0.2) is 4.79 Å². The third-order valence-corrected chi connectivity index (χ3v) is 3.87. The van der Waals surface area contributed by atoms with Gasteiger partial charge in [0.15, 0.2) is 5.78 Å². The fourth-order valence-electron chi connectivity index (χ4n) is 2.76. The van der Waals surface area contributed by atoms with Gasteiger partial charge < -0.3 is 4.74 Å². The normalized spacial score (nSPS) is 26.4. The van der Waals surface area contributed by atoms with Crippen LogP contribution in [-0.2, 0) is 4.74 Å². The number of benzene rings is 1. The Balaban J connectivity index is 2.01. The number of ketones is 1. The minimum atomic E-state index is -0.450. The summed E-state index contributed by atoms with van der Waals surface area (Å²) in [6, 6.07) is 4.79. The molecule has 1 saturated heterocycles. The van der Waals surface area contributed by atoms with Crippen molar-refractivity contribution in [1.29, 1.82) is 0 Å². The molecule has 0 saturated carbocycles. The lowest BCUT2D eigenvalue weighted by Gasteiger charge is -2.23. The molecular weight excluding hydrogens is 254 g/mol. The van der Waals surface area contributed by atoms with E-state index < -0.39 is 12.1 Å². The zero-order chi connectivity index (χ0) is 12.9. The summed E-state index contributed by atoms with van der Waals surface area (Å²) in [5, 5.41) is 0.609. The number of Topliss-reactive ketones (excluding diaryl/α,β-unsaturated/α-hetero) is 1. The predicted molar refractivity (Wildman–Crippen MR) is 66.0 cm³/mol. The lowest BCUT2D eigenvalue weighted by Crippen LogP contribution is -2.41. The Morgan fingerprint density at radius 2 is 2.17 bits per heavy atom. The Morgan fingerprint density at radius 3 is 2.83 bits per heavy atom. The average molecular weight is 266 g/mol. The van der Waals surface area contributed by atoms with Gasteiger partial charge in [0, 0.05) is 16.5 Å². The highest BCUT2D eigenvalue weighted by atomic mass is 35.5. The predicted octanol–water partition coefficient (Wildman–Crippen LogP) is 2.46. The quantitative estimate of drug-likeness (QED) is 0.784. The smallest absolute Gasteiger partial charge is 0.410 e. The monoisotopic (exact) mass is 265 g/mol. The highest BCUT2D eigenvalue weighted by Gasteiger charge is 2.44. The topological polar surface area (TPSA) is 46.6 Å². The molecule has 3 rings (SSSR count). The first kappa shape index (κ1) is 11.5. The molecule has 1 fully saturated rings. The first-order valence-corrected chi connectivity index (χ1v) is 6.24. The molecule has 0 N–H and O–H groups in total. The van der Waals surface area contributed by atoms with Crippen molar-refractivity contribution in [2.75, 3.05) is 13.2 Å². The summed E-state index contributed by atoms with van der Waals surface area (Å²) in [7, 11) is 0. The van der Waals surface area contributed by atoms with Gasteiger partial charge in [-0.2, -0.15) is 0 Å². The van der Waals surface area contributed by atoms with E-state index in [0.29, 0.717) is 23.7 Å². The summed E-state index contributed by atoms with van der Waals surface area (Å²) < 4.78 is 4.91. The highest BCUT2D eigenvalue weighted by molar-refractivity contribution is 6.31. The number of hydrogen-bond donors (Lipinski definition) is 0. The van der Waals surface area contributed by atoms with Gasteiger partial charge in [-0.15, -0.1) is 0 Å². The second kappa shape index (κ2) is 3.99. The number of carbonyl (C=O) groups is 2. The average Bonchev–Trinajstić information content (AvgIpc) is 2.84. The van der Waals surface area contributed by atoms with Crippen LogP contribution in [0.15, 0.2) is 18.2 Å². The molecule has 0 spiro atoms. The molecule has 2 atom stereocenters. The number of carbonyl (C=O) groups excluding carboxylic acids is 2. The molecule has 5 heteroatoms. The summed E-state index contributed by atoms with van der Waals surface area (Å²) in [6.07, 6.45) is -0.404. The van der Waals surface area contributed by atoms with Crippen LogP contribution < -0.4 is 0 Å².